The number of aliphatic carboxylic acids is 4. The minimum absolute atomic E-state index is 0.163. The van der Waals surface area contributed by atoms with Crippen LogP contribution in [0.25, 0.3) is 0 Å². The van der Waals surface area contributed by atoms with Crippen LogP contribution in [0.3, 0.4) is 0 Å². The van der Waals surface area contributed by atoms with Gasteiger partial charge in [0.1, 0.15) is 10.5 Å². The van der Waals surface area contributed by atoms with Gasteiger partial charge in [-0.05, 0) is 203 Å². The van der Waals surface area contributed by atoms with Crippen LogP contribution in [0.1, 0.15) is 160 Å². The third-order valence-electron chi connectivity index (χ3n) is 16.0. The van der Waals surface area contributed by atoms with E-state index in [2.05, 4.69) is 472 Å². The molecule has 840 valence electrons. The molecule has 0 saturated heterocycles. The Bertz CT molecular complexity index is 3250. The molecule has 0 spiro atoms. The zero-order valence-corrected chi connectivity index (χ0v) is 111. The monoisotopic (exact) mass is 2620 g/mol. The zero-order chi connectivity index (χ0) is 112. The number of carbonyl (C=O) groups excluding carboxylic acids is 2. The number of carboxylic acid groups (broad SMARTS) is 4. The van der Waals surface area contributed by atoms with Gasteiger partial charge in [0.2, 0.25) is 11.8 Å². The zero-order valence-electron chi connectivity index (χ0n) is 80.9. The number of hydrogen-bond donors (Lipinski definition) is 41. The molecule has 4 aromatic rings. The first-order chi connectivity index (χ1) is 67.4. The van der Waals surface area contributed by atoms with Crippen LogP contribution in [0, 0.1) is 13.8 Å². The van der Waals surface area contributed by atoms with Crippen molar-refractivity contribution in [2.24, 2.45) is 0 Å². The van der Waals surface area contributed by atoms with Crippen LogP contribution >= 0.6 is 416 Å². The van der Waals surface area contributed by atoms with Crippen molar-refractivity contribution in [3.05, 3.63) is 129 Å². The average molecular weight is 2630 g/mol. The first-order valence-corrected chi connectivity index (χ1v) is 66.9. The van der Waals surface area contributed by atoms with Gasteiger partial charge in [0.05, 0.1) is 59.6 Å². The Morgan fingerprint density at radius 2 is 0.592 bits per heavy atom. The van der Waals surface area contributed by atoms with Gasteiger partial charge < -0.3 is 45.6 Å². The van der Waals surface area contributed by atoms with E-state index in [1.54, 1.807) is 0 Å². The quantitative estimate of drug-likeness (QED) is 0.0144. The number of ether oxygens (including phenoxy) is 1. The number of nitrogens with one attached hydrogen (secondary N) is 1. The van der Waals surface area contributed by atoms with E-state index in [9.17, 15) is 37.2 Å². The Kier molecular flexibility index (Phi) is 166. The third kappa shape index (κ3) is 136. The third-order valence-corrected chi connectivity index (χ3v) is 30.5. The Balaban J connectivity index is -0.000000128. The summed E-state index contributed by atoms with van der Waals surface area (Å²) in [4.78, 5) is 63.9. The number of aryl methyl sites for hydroxylation is 2. The highest BCUT2D eigenvalue weighted by Crippen LogP contribution is 2.21. The molecule has 4 aromatic carbocycles. The van der Waals surface area contributed by atoms with Gasteiger partial charge in [-0.25, -0.2) is 8.42 Å². The maximum absolute atomic E-state index is 10.7. The Hall–Kier alpha value is 5.20. The number of rotatable bonds is 54. The van der Waals surface area contributed by atoms with Crippen molar-refractivity contribution in [3.63, 3.8) is 0 Å². The molecule has 0 heterocycles. The van der Waals surface area contributed by atoms with Crippen molar-refractivity contribution in [2.45, 2.75) is 219 Å². The predicted octanol–water partition coefficient (Wildman–Crippen LogP) is 21.8. The molecule has 0 unspecified atom stereocenters. The fraction of sp³-hybridized carbons (Fsp3) is 0.667. The molecule has 0 saturated carbocycles. The number of thioether (sulfide) groups is 1. The highest BCUT2D eigenvalue weighted by atomic mass is 32.2. The van der Waals surface area contributed by atoms with Crippen LogP contribution < -0.4 is 5.32 Å². The number of carboxylic acids is 4. The maximum Gasteiger partial charge on any atom is 0.318 e. The summed E-state index contributed by atoms with van der Waals surface area (Å²) in [5.41, 5.74) is 10.4. The van der Waals surface area contributed by atoms with Crippen molar-refractivity contribution in [1.82, 2.24) is 5.32 Å². The number of thiol groups is 32. The summed E-state index contributed by atoms with van der Waals surface area (Å²) in [6.45, 7) is 5.74. The topological polar surface area (TPSA) is 320 Å². The molecule has 4 rings (SSSR count). The fourth-order valence-corrected chi connectivity index (χ4v) is 17.9. The largest absolute Gasteiger partial charge is 0.480 e. The molecule has 142 heavy (non-hydrogen) atoms. The second-order valence-electron chi connectivity index (χ2n) is 28.0. The lowest BCUT2D eigenvalue weighted by Gasteiger charge is -2.11. The minimum atomic E-state index is -2.83. The molecule has 8 atom stereocenters. The van der Waals surface area contributed by atoms with Crippen molar-refractivity contribution in [2.75, 3.05) is 151 Å². The molecule has 52 heteroatoms. The summed E-state index contributed by atoms with van der Waals surface area (Å²) in [6.07, 6.45) is 16.3. The second kappa shape index (κ2) is 137. The van der Waals surface area contributed by atoms with E-state index in [-0.39, 0.29) is 72.0 Å². The summed E-state index contributed by atoms with van der Waals surface area (Å²) in [6, 6.07) is 28.6. The second-order valence-corrected chi connectivity index (χ2v) is 45.4. The van der Waals surface area contributed by atoms with E-state index in [0.717, 1.165) is 144 Å². The molecule has 0 aliphatic heterocycles. The normalized spacial score (nSPS) is 11.6. The molecule has 0 aliphatic rings. The van der Waals surface area contributed by atoms with E-state index in [1.807, 2.05) is 48.2 Å². The standard InChI is InChI=1S/C10H14S2.C10H22S2.2C8H10S2.C6H11NO2S2.C6H10O4S2.C6H6S2.C5H12S2.C4H6O4S2.C4H10O2S3.2C4H10O2S2.C4H10OS2.C4H10S3.C4H10S2.C3H8S2/c1-7-3-9(5-11)10(6-12)4-8(7)2;11-9-7-5-3-1-2-4-6-8-10-12;9-5-7-1-2-8(6-10)4-3-7;9-5-7-3-1-2-4-8(7)6-10;8-5(1-3-10)7-6(9)2-4-11;7-5(8)3(11)1-2-4(12)6(9)10;7-5-2-1-3-6(8)4-5;6-4-2-1-3-5-7;5-3(6)1(9)2(10)4(7)8;5-9(6,3-1-7)4-2-8;2*5-3(1-7)4(6)2-8;6-3-1-5-2-4-7;5-1-3-7-4-2-6;5-3-1-2-4-6;4-2-1-3-5/h3-4,11-12H,5-6H2,1-2H3;11-12H,1-10H2;2*1-4,9-10H,5-6H2;10-11H,1-4H2,(H,7,8,9);3-4,11-12H,1-2H2,(H,7,8)(H,9,10);1-4,7-8H;6-7H,1-5H2;1-2,9-10H,(H,5,6)(H,7,8);7-8H,1-4H2;2*3-8H,1-2H2;6-7H,1-4H2;5-6H,1-4H2;5-6H,1-4H2;4-5H,1-3H2/t;;;;;3-,4+;;;1-,2+;;3-,4+;3-,4-;;;;/m...........1..../s1. The van der Waals surface area contributed by atoms with E-state index >= 15 is 0 Å². The number of hydrogen-bond acceptors (Lipinski definition) is 46. The number of carbonyl (C=O) groups is 6. The molecule has 9 N–H and O–H groups in total. The summed E-state index contributed by atoms with van der Waals surface area (Å²) >= 11 is 129. The van der Waals surface area contributed by atoms with Crippen LogP contribution in [0.2, 0.25) is 0 Å². The molecular weight excluding hydrogens is 2460 g/mol. The molecule has 0 aliphatic carbocycles. The lowest BCUT2D eigenvalue weighted by atomic mass is 10.0. The number of sulfone groups is 1. The van der Waals surface area contributed by atoms with Crippen molar-refractivity contribution in [1.29, 1.82) is 0 Å². The van der Waals surface area contributed by atoms with Crippen LogP contribution in [-0.2, 0) is 77.9 Å². The van der Waals surface area contributed by atoms with Crippen LogP contribution in [0.4, 0.5) is 0 Å². The van der Waals surface area contributed by atoms with Crippen LogP contribution in [0.5, 0.6) is 0 Å². The van der Waals surface area contributed by atoms with Gasteiger partial charge in [-0.15, -0.1) is 25.3 Å². The first kappa shape index (κ1) is 172. The molecule has 0 aromatic heterocycles. The van der Waals surface area contributed by atoms with E-state index in [1.165, 1.54) is 128 Å². The smallest absolute Gasteiger partial charge is 0.318 e. The Labute approximate surface area is 1040 Å². The number of aliphatic hydroxyl groups excluding tert-OH is 4. The predicted molar refractivity (Wildman–Crippen MR) is 732 cm³/mol. The number of amides is 2. The highest BCUT2D eigenvalue weighted by Gasteiger charge is 2.27. The number of imide groups is 1. The van der Waals surface area contributed by atoms with Crippen molar-refractivity contribution in [3.8, 4) is 0 Å². The van der Waals surface area contributed by atoms with Crippen molar-refractivity contribution >= 4 is 461 Å². The average Bonchev–Trinajstić information content (AvgIpc) is 0.849. The summed E-state index contributed by atoms with van der Waals surface area (Å²) in [5, 5.41) is 66.3. The summed E-state index contributed by atoms with van der Waals surface area (Å²) in [7, 11) is -2.83. The first-order valence-electron chi connectivity index (χ1n) is 44.5. The molecular formula is C90H169NO17S34. The van der Waals surface area contributed by atoms with Gasteiger partial charge in [0, 0.05) is 115 Å². The van der Waals surface area contributed by atoms with E-state index < -0.39 is 79.1 Å². The van der Waals surface area contributed by atoms with Gasteiger partial charge in [-0.3, -0.25) is 34.1 Å². The lowest BCUT2D eigenvalue weighted by molar-refractivity contribution is -0.142. The van der Waals surface area contributed by atoms with Crippen LogP contribution in [0.15, 0.2) is 94.7 Å². The van der Waals surface area contributed by atoms with Gasteiger partial charge in [0.25, 0.3) is 0 Å². The van der Waals surface area contributed by atoms with Gasteiger partial charge in [-0.1, -0.05) is 112 Å². The van der Waals surface area contributed by atoms with E-state index in [0.29, 0.717) is 23.0 Å². The summed E-state index contributed by atoms with van der Waals surface area (Å²) in [5.74, 6) is 16.8. The Morgan fingerprint density at radius 1 is 0.324 bits per heavy atom. The highest BCUT2D eigenvalue weighted by molar-refractivity contribution is 8.00. The number of benzene rings is 4. The van der Waals surface area contributed by atoms with Crippen LogP contribution in [-0.4, -0.2) is 282 Å². The molecule has 2 amide bonds. The summed E-state index contributed by atoms with van der Waals surface area (Å²) < 4.78 is 26.4. The maximum atomic E-state index is 10.7. The minimum Gasteiger partial charge on any atom is -0.480 e. The molecule has 0 radical (unpaired) electrons. The van der Waals surface area contributed by atoms with Crippen molar-refractivity contribution < 1.29 is 82.8 Å². The van der Waals surface area contributed by atoms with Gasteiger partial charge >= 0.3 is 23.9 Å². The Morgan fingerprint density at radius 3 is 0.789 bits per heavy atom. The van der Waals surface area contributed by atoms with E-state index in [4.69, 9.17) is 45.6 Å². The number of unbranched alkanes of at least 4 members (excludes halogenated alkanes) is 10. The molecule has 18 nitrogen and oxygen atoms in total. The fourth-order valence-electron chi connectivity index (χ4n) is 7.96. The molecule has 0 bridgehead atoms. The van der Waals surface area contributed by atoms with Gasteiger partial charge in [-0.2, -0.15) is 391 Å². The lowest BCUT2D eigenvalue weighted by Crippen LogP contribution is -2.31. The SMILES string of the molecule is Cc1cc(CS)c(CS)cc1C.O=C(CCS)NC(=O)CCS.O=C(O)[C@@H](S)[C@@H](S)C(=O)O.O=C(O)[C@H](S)CC[C@H](S)C(=O)O.O=S(=O)(CCS)CCS.O[C@H](CS)[C@@H](O)CS.O[C@H](CS)[C@H](O)CS.SCCCCCCCCCCS.SCCCCCS.SCCCCS.SCCCS.SCCOCCS.SCCSCCS.SCc1ccc(CS)cc1.SCc1ccccc1CS.Sc1cccc(S)c1. The number of aliphatic hydroxyl groups is 4. The van der Waals surface area contributed by atoms with Gasteiger partial charge in [0.15, 0.2) is 9.84 Å². The molecule has 0 fully saturated rings.